The van der Waals surface area contributed by atoms with Crippen molar-refractivity contribution in [2.75, 3.05) is 10.6 Å². The molecule has 2 aromatic heterocycles. The Bertz CT molecular complexity index is 755. The fraction of sp³-hybridized carbons (Fsp3) is 0.222. The Morgan fingerprint density at radius 1 is 1.12 bits per heavy atom. The predicted octanol–water partition coefficient (Wildman–Crippen LogP) is 4.21. The monoisotopic (exact) mass is 324 g/mol. The standard InChI is InChI=1S/C18H20N4O2/c1-13(2)24-15-7-5-14(6-8-15)21-18-19-10-9-17(22-18)20-12-16-4-3-11-23-16/h3-11,13H,12H2,1-2H3,(H2,19,20,21,22). The number of furan rings is 1. The van der Waals surface area contributed by atoms with Crippen LogP contribution in [0.3, 0.4) is 0 Å². The maximum absolute atomic E-state index is 5.63. The molecule has 0 aliphatic rings. The number of aromatic nitrogens is 2. The quantitative estimate of drug-likeness (QED) is 0.678. The summed E-state index contributed by atoms with van der Waals surface area (Å²) < 4.78 is 10.9. The van der Waals surface area contributed by atoms with Crippen LogP contribution in [0.25, 0.3) is 0 Å². The van der Waals surface area contributed by atoms with Crippen LogP contribution in [0.5, 0.6) is 5.75 Å². The van der Waals surface area contributed by atoms with Crippen molar-refractivity contribution >= 4 is 17.5 Å². The van der Waals surface area contributed by atoms with E-state index in [1.165, 1.54) is 0 Å². The lowest BCUT2D eigenvalue weighted by molar-refractivity contribution is 0.242. The molecular formula is C18H20N4O2. The van der Waals surface area contributed by atoms with E-state index in [2.05, 4.69) is 20.6 Å². The zero-order chi connectivity index (χ0) is 16.8. The van der Waals surface area contributed by atoms with E-state index in [1.54, 1.807) is 12.5 Å². The van der Waals surface area contributed by atoms with Gasteiger partial charge in [0.05, 0.1) is 18.9 Å². The molecule has 3 rings (SSSR count). The summed E-state index contributed by atoms with van der Waals surface area (Å²) in [7, 11) is 0. The fourth-order valence-corrected chi connectivity index (χ4v) is 2.13. The molecule has 2 N–H and O–H groups in total. The summed E-state index contributed by atoms with van der Waals surface area (Å²) in [5.41, 5.74) is 0.897. The van der Waals surface area contributed by atoms with Gasteiger partial charge in [0.25, 0.3) is 0 Å². The number of hydrogen-bond acceptors (Lipinski definition) is 6. The molecule has 0 saturated heterocycles. The van der Waals surface area contributed by atoms with Gasteiger partial charge in [-0.25, -0.2) is 4.98 Å². The largest absolute Gasteiger partial charge is 0.491 e. The van der Waals surface area contributed by atoms with Crippen LogP contribution in [0.15, 0.2) is 59.3 Å². The van der Waals surface area contributed by atoms with Gasteiger partial charge in [0.1, 0.15) is 17.3 Å². The lowest BCUT2D eigenvalue weighted by atomic mass is 10.3. The summed E-state index contributed by atoms with van der Waals surface area (Å²) in [5, 5.41) is 6.38. The third kappa shape index (κ3) is 4.49. The van der Waals surface area contributed by atoms with Crippen LogP contribution >= 0.6 is 0 Å². The first-order chi connectivity index (χ1) is 11.7. The van der Waals surface area contributed by atoms with Crippen LogP contribution in [0.2, 0.25) is 0 Å². The fourth-order valence-electron chi connectivity index (χ4n) is 2.13. The molecule has 3 aromatic rings. The van der Waals surface area contributed by atoms with Gasteiger partial charge in [-0.1, -0.05) is 0 Å². The Morgan fingerprint density at radius 3 is 2.67 bits per heavy atom. The molecular weight excluding hydrogens is 304 g/mol. The number of ether oxygens (including phenoxy) is 1. The summed E-state index contributed by atoms with van der Waals surface area (Å²) in [4.78, 5) is 8.67. The maximum Gasteiger partial charge on any atom is 0.229 e. The van der Waals surface area contributed by atoms with Gasteiger partial charge in [-0.2, -0.15) is 4.98 Å². The first-order valence-corrected chi connectivity index (χ1v) is 7.82. The molecule has 0 amide bonds. The third-order valence-electron chi connectivity index (χ3n) is 3.16. The molecule has 0 aliphatic carbocycles. The second kappa shape index (κ2) is 7.50. The molecule has 0 saturated carbocycles. The van der Waals surface area contributed by atoms with Gasteiger partial charge in [0.2, 0.25) is 5.95 Å². The molecule has 0 fully saturated rings. The average Bonchev–Trinajstić information content (AvgIpc) is 3.08. The molecule has 0 aliphatic heterocycles. The predicted molar refractivity (Wildman–Crippen MR) is 93.6 cm³/mol. The Morgan fingerprint density at radius 2 is 1.96 bits per heavy atom. The van der Waals surface area contributed by atoms with E-state index in [0.29, 0.717) is 12.5 Å². The zero-order valence-corrected chi connectivity index (χ0v) is 13.7. The topological polar surface area (TPSA) is 72.2 Å². The molecule has 6 heteroatoms. The number of anilines is 3. The van der Waals surface area contributed by atoms with Crippen molar-refractivity contribution in [3.63, 3.8) is 0 Å². The van der Waals surface area contributed by atoms with Gasteiger partial charge in [-0.05, 0) is 56.3 Å². The van der Waals surface area contributed by atoms with Crippen LogP contribution in [-0.4, -0.2) is 16.1 Å². The van der Waals surface area contributed by atoms with Crippen molar-refractivity contribution in [1.29, 1.82) is 0 Å². The molecule has 0 unspecified atom stereocenters. The Kier molecular flexibility index (Phi) is 4.96. The van der Waals surface area contributed by atoms with E-state index in [0.717, 1.165) is 23.0 Å². The number of hydrogen-bond donors (Lipinski definition) is 2. The summed E-state index contributed by atoms with van der Waals surface area (Å²) in [6.45, 7) is 4.58. The highest BCUT2D eigenvalue weighted by atomic mass is 16.5. The van der Waals surface area contributed by atoms with E-state index >= 15 is 0 Å². The summed E-state index contributed by atoms with van der Waals surface area (Å²) in [5.74, 6) is 2.94. The van der Waals surface area contributed by atoms with E-state index < -0.39 is 0 Å². The minimum absolute atomic E-state index is 0.157. The minimum atomic E-state index is 0.157. The lowest BCUT2D eigenvalue weighted by Crippen LogP contribution is -2.05. The van der Waals surface area contributed by atoms with Crippen LogP contribution in [0.4, 0.5) is 17.5 Å². The number of nitrogens with zero attached hydrogens (tertiary/aromatic N) is 2. The molecule has 2 heterocycles. The molecule has 0 radical (unpaired) electrons. The first-order valence-electron chi connectivity index (χ1n) is 7.82. The highest BCUT2D eigenvalue weighted by molar-refractivity contribution is 5.55. The molecule has 0 bridgehead atoms. The maximum atomic E-state index is 5.63. The molecule has 124 valence electrons. The highest BCUT2D eigenvalue weighted by Gasteiger charge is 2.03. The molecule has 1 aromatic carbocycles. The smallest absolute Gasteiger partial charge is 0.229 e. The zero-order valence-electron chi connectivity index (χ0n) is 13.7. The summed E-state index contributed by atoms with van der Waals surface area (Å²) >= 11 is 0. The van der Waals surface area contributed by atoms with Crippen LogP contribution in [0, 0.1) is 0 Å². The molecule has 24 heavy (non-hydrogen) atoms. The van der Waals surface area contributed by atoms with Gasteiger partial charge < -0.3 is 19.8 Å². The summed E-state index contributed by atoms with van der Waals surface area (Å²) in [6, 6.07) is 13.3. The van der Waals surface area contributed by atoms with Crippen molar-refractivity contribution in [2.45, 2.75) is 26.5 Å². The normalized spacial score (nSPS) is 10.6. The van der Waals surface area contributed by atoms with Gasteiger partial charge in [-0.15, -0.1) is 0 Å². The van der Waals surface area contributed by atoms with Crippen LogP contribution in [-0.2, 0) is 6.54 Å². The summed E-state index contributed by atoms with van der Waals surface area (Å²) in [6.07, 6.45) is 3.51. The number of nitrogens with one attached hydrogen (secondary N) is 2. The highest BCUT2D eigenvalue weighted by Crippen LogP contribution is 2.19. The van der Waals surface area contributed by atoms with E-state index in [9.17, 15) is 0 Å². The van der Waals surface area contributed by atoms with Gasteiger partial charge >= 0.3 is 0 Å². The molecule has 6 nitrogen and oxygen atoms in total. The minimum Gasteiger partial charge on any atom is -0.491 e. The number of rotatable bonds is 7. The van der Waals surface area contributed by atoms with Gasteiger partial charge in [0.15, 0.2) is 0 Å². The first kappa shape index (κ1) is 15.9. The molecule has 0 atom stereocenters. The third-order valence-corrected chi connectivity index (χ3v) is 3.16. The van der Waals surface area contributed by atoms with E-state index in [1.807, 2.05) is 56.3 Å². The van der Waals surface area contributed by atoms with Gasteiger partial charge in [-0.3, -0.25) is 0 Å². The second-order valence-electron chi connectivity index (χ2n) is 5.51. The number of benzene rings is 1. The van der Waals surface area contributed by atoms with Crippen molar-refractivity contribution in [3.8, 4) is 5.75 Å². The Labute approximate surface area is 140 Å². The molecule has 0 spiro atoms. The van der Waals surface area contributed by atoms with E-state index in [4.69, 9.17) is 9.15 Å². The lowest BCUT2D eigenvalue weighted by Gasteiger charge is -2.11. The average molecular weight is 324 g/mol. The van der Waals surface area contributed by atoms with Crippen molar-refractivity contribution in [2.24, 2.45) is 0 Å². The Hall–Kier alpha value is -3.02. The Balaban J connectivity index is 1.61. The van der Waals surface area contributed by atoms with Crippen molar-refractivity contribution in [3.05, 3.63) is 60.7 Å². The second-order valence-corrected chi connectivity index (χ2v) is 5.51. The van der Waals surface area contributed by atoms with Crippen LogP contribution in [0.1, 0.15) is 19.6 Å². The van der Waals surface area contributed by atoms with Gasteiger partial charge in [0, 0.05) is 11.9 Å². The van der Waals surface area contributed by atoms with Crippen molar-refractivity contribution < 1.29 is 9.15 Å². The van der Waals surface area contributed by atoms with Crippen LogP contribution < -0.4 is 15.4 Å². The van der Waals surface area contributed by atoms with Crippen molar-refractivity contribution in [1.82, 2.24) is 9.97 Å². The SMILES string of the molecule is CC(C)Oc1ccc(Nc2nccc(NCc3ccco3)n2)cc1. The van der Waals surface area contributed by atoms with E-state index in [-0.39, 0.29) is 6.10 Å².